The van der Waals surface area contributed by atoms with Gasteiger partial charge in [-0.1, -0.05) is 0 Å². The van der Waals surface area contributed by atoms with Gasteiger partial charge in [0.05, 0.1) is 19.8 Å². The van der Waals surface area contributed by atoms with Crippen molar-refractivity contribution in [1.82, 2.24) is 24.7 Å². The number of amides is 1. The number of rotatable bonds is 5. The lowest BCUT2D eigenvalue weighted by molar-refractivity contribution is 0.102. The predicted octanol–water partition coefficient (Wildman–Crippen LogP) is 1.33. The highest BCUT2D eigenvalue weighted by atomic mass is 16.5. The molecule has 122 valence electrons. The molecule has 3 rings (SSSR count). The fourth-order valence-electron chi connectivity index (χ4n) is 2.04. The van der Waals surface area contributed by atoms with Crippen LogP contribution in [0, 0.1) is 0 Å². The minimum Gasteiger partial charge on any atom is -0.497 e. The van der Waals surface area contributed by atoms with Gasteiger partial charge in [-0.2, -0.15) is 5.10 Å². The van der Waals surface area contributed by atoms with Crippen LogP contribution in [0.4, 0.5) is 5.82 Å². The molecule has 1 N–H and O–H groups in total. The maximum atomic E-state index is 12.5. The third-order valence-corrected chi connectivity index (χ3v) is 3.20. The number of hydrogen-bond acceptors (Lipinski definition) is 7. The molecule has 0 saturated carbocycles. The standard InChI is InChI=1S/C15H14N6O3/c1-23-10-3-4-12(24-2)11(5-10)15(22)20-13-6-14(18-8-17-13)21-9-16-7-19-21/h3-9H,1-2H3,(H,17,18,20,22). The van der Waals surface area contributed by atoms with E-state index < -0.39 is 0 Å². The second-order valence-electron chi connectivity index (χ2n) is 4.62. The van der Waals surface area contributed by atoms with E-state index in [4.69, 9.17) is 9.47 Å². The molecule has 0 spiro atoms. The summed E-state index contributed by atoms with van der Waals surface area (Å²) in [6.45, 7) is 0. The third-order valence-electron chi connectivity index (χ3n) is 3.20. The van der Waals surface area contributed by atoms with Crippen LogP contribution in [0.1, 0.15) is 10.4 Å². The monoisotopic (exact) mass is 326 g/mol. The highest BCUT2D eigenvalue weighted by Crippen LogP contribution is 2.24. The van der Waals surface area contributed by atoms with Gasteiger partial charge in [-0.25, -0.2) is 19.6 Å². The number of anilines is 1. The van der Waals surface area contributed by atoms with Crippen LogP contribution in [0.15, 0.2) is 43.2 Å². The molecule has 1 amide bonds. The minimum atomic E-state index is -0.381. The van der Waals surface area contributed by atoms with Crippen molar-refractivity contribution in [3.63, 3.8) is 0 Å². The Morgan fingerprint density at radius 2 is 2.00 bits per heavy atom. The normalized spacial score (nSPS) is 10.2. The van der Waals surface area contributed by atoms with Crippen molar-refractivity contribution in [3.05, 3.63) is 48.8 Å². The van der Waals surface area contributed by atoms with Crippen molar-refractivity contribution in [3.8, 4) is 17.3 Å². The summed E-state index contributed by atoms with van der Waals surface area (Å²) in [7, 11) is 3.02. The summed E-state index contributed by atoms with van der Waals surface area (Å²) in [5, 5.41) is 6.68. The first-order valence-electron chi connectivity index (χ1n) is 6.91. The zero-order valence-corrected chi connectivity index (χ0v) is 13.0. The van der Waals surface area contributed by atoms with Crippen LogP contribution in [-0.2, 0) is 0 Å². The van der Waals surface area contributed by atoms with E-state index in [-0.39, 0.29) is 5.91 Å². The first-order chi connectivity index (χ1) is 11.7. The average molecular weight is 326 g/mol. The molecule has 0 aliphatic carbocycles. The second-order valence-corrected chi connectivity index (χ2v) is 4.62. The van der Waals surface area contributed by atoms with Crippen LogP contribution < -0.4 is 14.8 Å². The van der Waals surface area contributed by atoms with E-state index in [9.17, 15) is 4.79 Å². The van der Waals surface area contributed by atoms with Crippen LogP contribution in [0.3, 0.4) is 0 Å². The van der Waals surface area contributed by atoms with Crippen LogP contribution in [0.5, 0.6) is 11.5 Å². The van der Waals surface area contributed by atoms with E-state index in [1.165, 1.54) is 37.9 Å². The Hall–Kier alpha value is -3.49. The Kier molecular flexibility index (Phi) is 4.32. The summed E-state index contributed by atoms with van der Waals surface area (Å²) in [5.74, 6) is 1.40. The average Bonchev–Trinajstić information content (AvgIpc) is 3.16. The molecule has 0 saturated heterocycles. The highest BCUT2D eigenvalue weighted by molar-refractivity contribution is 6.06. The molecular formula is C15H14N6O3. The number of hydrogen-bond donors (Lipinski definition) is 1. The predicted molar refractivity (Wildman–Crippen MR) is 84.4 cm³/mol. The van der Waals surface area contributed by atoms with Gasteiger partial charge >= 0.3 is 0 Å². The van der Waals surface area contributed by atoms with Gasteiger partial charge in [0.15, 0.2) is 5.82 Å². The summed E-state index contributed by atoms with van der Waals surface area (Å²) in [6, 6.07) is 6.55. The number of methoxy groups -OCH3 is 2. The van der Waals surface area contributed by atoms with Crippen molar-refractivity contribution in [2.45, 2.75) is 0 Å². The van der Waals surface area contributed by atoms with Crippen molar-refractivity contribution >= 4 is 11.7 Å². The van der Waals surface area contributed by atoms with Gasteiger partial charge in [-0.3, -0.25) is 4.79 Å². The molecule has 9 heteroatoms. The van der Waals surface area contributed by atoms with Gasteiger partial charge in [0.2, 0.25) is 0 Å². The Labute approximate surface area is 137 Å². The number of ether oxygens (including phenoxy) is 2. The van der Waals surface area contributed by atoms with Crippen LogP contribution in [-0.4, -0.2) is 44.9 Å². The van der Waals surface area contributed by atoms with E-state index in [0.29, 0.717) is 28.7 Å². The summed E-state index contributed by atoms with van der Waals surface area (Å²) < 4.78 is 11.8. The number of nitrogens with one attached hydrogen (secondary N) is 1. The van der Waals surface area contributed by atoms with Crippen LogP contribution in [0.25, 0.3) is 5.82 Å². The SMILES string of the molecule is COc1ccc(OC)c(C(=O)Nc2cc(-n3cncn3)ncn2)c1. The molecule has 2 heterocycles. The molecule has 1 aromatic carbocycles. The number of aromatic nitrogens is 5. The fourth-order valence-corrected chi connectivity index (χ4v) is 2.04. The number of nitrogens with zero attached hydrogens (tertiary/aromatic N) is 5. The molecule has 0 atom stereocenters. The zero-order chi connectivity index (χ0) is 16.9. The molecule has 0 fully saturated rings. The number of carbonyl (C=O) groups is 1. The van der Waals surface area contributed by atoms with Gasteiger partial charge in [0, 0.05) is 6.07 Å². The Morgan fingerprint density at radius 1 is 1.12 bits per heavy atom. The molecule has 0 radical (unpaired) electrons. The zero-order valence-electron chi connectivity index (χ0n) is 13.0. The fraction of sp³-hybridized carbons (Fsp3) is 0.133. The summed E-state index contributed by atoms with van der Waals surface area (Å²) >= 11 is 0. The maximum Gasteiger partial charge on any atom is 0.260 e. The van der Waals surface area contributed by atoms with E-state index in [0.717, 1.165) is 0 Å². The topological polar surface area (TPSA) is 104 Å². The van der Waals surface area contributed by atoms with Crippen molar-refractivity contribution in [2.75, 3.05) is 19.5 Å². The van der Waals surface area contributed by atoms with E-state index in [2.05, 4.69) is 25.4 Å². The maximum absolute atomic E-state index is 12.5. The summed E-state index contributed by atoms with van der Waals surface area (Å²) in [6.07, 6.45) is 4.22. The van der Waals surface area contributed by atoms with Crippen LogP contribution >= 0.6 is 0 Å². The molecule has 0 aliphatic heterocycles. The first-order valence-corrected chi connectivity index (χ1v) is 6.91. The van der Waals surface area contributed by atoms with Gasteiger partial charge in [0.1, 0.15) is 36.3 Å². The third kappa shape index (κ3) is 3.14. The van der Waals surface area contributed by atoms with Gasteiger partial charge in [-0.15, -0.1) is 0 Å². The lowest BCUT2D eigenvalue weighted by Gasteiger charge is -2.11. The van der Waals surface area contributed by atoms with E-state index >= 15 is 0 Å². The lowest BCUT2D eigenvalue weighted by atomic mass is 10.1. The smallest absolute Gasteiger partial charge is 0.260 e. The molecule has 0 aliphatic rings. The largest absolute Gasteiger partial charge is 0.497 e. The Morgan fingerprint density at radius 3 is 2.71 bits per heavy atom. The number of carbonyl (C=O) groups excluding carboxylic acids is 1. The van der Waals surface area contributed by atoms with Crippen molar-refractivity contribution < 1.29 is 14.3 Å². The van der Waals surface area contributed by atoms with E-state index in [1.54, 1.807) is 24.3 Å². The molecule has 3 aromatic rings. The van der Waals surface area contributed by atoms with Gasteiger partial charge in [0.25, 0.3) is 5.91 Å². The Balaban J connectivity index is 1.86. The van der Waals surface area contributed by atoms with Crippen LogP contribution in [0.2, 0.25) is 0 Å². The quantitative estimate of drug-likeness (QED) is 0.754. The Bertz CT molecular complexity index is 850. The molecule has 0 unspecified atom stereocenters. The molecular weight excluding hydrogens is 312 g/mol. The number of benzene rings is 1. The minimum absolute atomic E-state index is 0.324. The first kappa shape index (κ1) is 15.4. The lowest BCUT2D eigenvalue weighted by Crippen LogP contribution is -2.15. The van der Waals surface area contributed by atoms with Crippen molar-refractivity contribution in [1.29, 1.82) is 0 Å². The van der Waals surface area contributed by atoms with Crippen molar-refractivity contribution in [2.24, 2.45) is 0 Å². The molecule has 0 bridgehead atoms. The summed E-state index contributed by atoms with van der Waals surface area (Å²) in [5.41, 5.74) is 0.331. The molecule has 2 aromatic heterocycles. The second kappa shape index (κ2) is 6.73. The molecule has 9 nitrogen and oxygen atoms in total. The molecule has 24 heavy (non-hydrogen) atoms. The highest BCUT2D eigenvalue weighted by Gasteiger charge is 2.15. The summed E-state index contributed by atoms with van der Waals surface area (Å²) in [4.78, 5) is 24.5. The van der Waals surface area contributed by atoms with Gasteiger partial charge < -0.3 is 14.8 Å². The van der Waals surface area contributed by atoms with E-state index in [1.807, 2.05) is 0 Å². The van der Waals surface area contributed by atoms with Gasteiger partial charge in [-0.05, 0) is 18.2 Å².